The monoisotopic (exact) mass is 348 g/mol. The topological polar surface area (TPSA) is 0 Å². The molecule has 122 valence electrons. The van der Waals surface area contributed by atoms with Gasteiger partial charge in [0.2, 0.25) is 0 Å². The minimum Gasteiger partial charge on any atom is -0.135 e. The molecule has 0 nitrogen and oxygen atoms in total. The maximum absolute atomic E-state index is 2.36. The van der Waals surface area contributed by atoms with Crippen LogP contribution in [-0.2, 0) is 0 Å². The van der Waals surface area contributed by atoms with Crippen LogP contribution in [0.25, 0.3) is 52.5 Å². The molecule has 6 aromatic rings. The Balaban J connectivity index is 2.05. The van der Waals surface area contributed by atoms with Crippen LogP contribution >= 0.6 is 11.3 Å². The van der Waals surface area contributed by atoms with Gasteiger partial charge in [-0.15, -0.1) is 11.3 Å². The first-order chi connectivity index (χ1) is 12.8. The zero-order valence-corrected chi connectivity index (χ0v) is 15.2. The average molecular weight is 348 g/mol. The number of hydrogen-bond acceptors (Lipinski definition) is 1. The van der Waals surface area contributed by atoms with Crippen molar-refractivity contribution in [2.75, 3.05) is 0 Å². The van der Waals surface area contributed by atoms with Gasteiger partial charge in [-0.2, -0.15) is 0 Å². The van der Waals surface area contributed by atoms with Crippen molar-refractivity contribution in [1.82, 2.24) is 0 Å². The van der Waals surface area contributed by atoms with E-state index in [0.717, 1.165) is 0 Å². The van der Waals surface area contributed by atoms with E-state index in [1.807, 2.05) is 11.3 Å². The Morgan fingerprint density at radius 1 is 0.538 bits per heavy atom. The highest BCUT2D eigenvalue weighted by Crippen LogP contribution is 2.43. The Morgan fingerprint density at radius 3 is 2.19 bits per heavy atom. The van der Waals surface area contributed by atoms with E-state index in [1.54, 1.807) is 0 Å². The van der Waals surface area contributed by atoms with Crippen molar-refractivity contribution < 1.29 is 0 Å². The van der Waals surface area contributed by atoms with Crippen LogP contribution < -0.4 is 0 Å². The molecule has 1 aromatic heterocycles. The summed E-state index contributed by atoms with van der Waals surface area (Å²) in [6, 6.07) is 29.0. The molecule has 5 aromatic carbocycles. The first kappa shape index (κ1) is 14.3. The van der Waals surface area contributed by atoms with Gasteiger partial charge in [-0.3, -0.25) is 0 Å². The van der Waals surface area contributed by atoms with Gasteiger partial charge in [0.25, 0.3) is 0 Å². The number of hydrogen-bond donors (Lipinski definition) is 0. The first-order valence-corrected chi connectivity index (χ1v) is 9.78. The fraction of sp³-hybridized carbons (Fsp3) is 0.0400. The van der Waals surface area contributed by atoms with Gasteiger partial charge in [0.15, 0.2) is 0 Å². The van der Waals surface area contributed by atoms with E-state index in [0.29, 0.717) is 0 Å². The van der Waals surface area contributed by atoms with Crippen LogP contribution in [0.2, 0.25) is 0 Å². The third-order valence-electron chi connectivity index (χ3n) is 5.56. The van der Waals surface area contributed by atoms with Crippen molar-refractivity contribution in [3.05, 3.63) is 84.4 Å². The lowest BCUT2D eigenvalue weighted by Gasteiger charge is -2.11. The van der Waals surface area contributed by atoms with E-state index in [4.69, 9.17) is 0 Å². The predicted molar refractivity (Wildman–Crippen MR) is 117 cm³/mol. The van der Waals surface area contributed by atoms with Gasteiger partial charge in [-0.05, 0) is 56.9 Å². The van der Waals surface area contributed by atoms with Crippen molar-refractivity contribution in [2.24, 2.45) is 0 Å². The van der Waals surface area contributed by atoms with E-state index < -0.39 is 0 Å². The van der Waals surface area contributed by atoms with Crippen molar-refractivity contribution >= 4 is 63.8 Å². The molecule has 0 spiro atoms. The summed E-state index contributed by atoms with van der Waals surface area (Å²) in [7, 11) is 0. The van der Waals surface area contributed by atoms with Crippen LogP contribution in [0.3, 0.4) is 0 Å². The largest absolute Gasteiger partial charge is 0.135 e. The maximum atomic E-state index is 2.36. The fourth-order valence-corrected chi connectivity index (χ4v) is 5.60. The van der Waals surface area contributed by atoms with E-state index >= 15 is 0 Å². The highest BCUT2D eigenvalue weighted by Gasteiger charge is 2.14. The molecular formula is C25H16S. The van der Waals surface area contributed by atoms with Crippen molar-refractivity contribution in [2.45, 2.75) is 6.92 Å². The molecule has 0 saturated carbocycles. The van der Waals surface area contributed by atoms with Crippen LogP contribution in [0.5, 0.6) is 0 Å². The summed E-state index contributed by atoms with van der Waals surface area (Å²) in [5, 5.41) is 10.9. The molecule has 6 rings (SSSR count). The van der Waals surface area contributed by atoms with E-state index in [-0.39, 0.29) is 0 Å². The van der Waals surface area contributed by atoms with Gasteiger partial charge in [0.05, 0.1) is 0 Å². The lowest BCUT2D eigenvalue weighted by molar-refractivity contribution is 1.57. The van der Waals surface area contributed by atoms with E-state index in [2.05, 4.69) is 85.8 Å². The summed E-state index contributed by atoms with van der Waals surface area (Å²) in [6.45, 7) is 2.24. The van der Waals surface area contributed by atoms with E-state index in [9.17, 15) is 0 Å². The number of fused-ring (bicyclic) bond motifs is 9. The molecule has 0 fully saturated rings. The van der Waals surface area contributed by atoms with Crippen LogP contribution in [-0.4, -0.2) is 0 Å². The molecule has 0 aliphatic heterocycles. The summed E-state index contributed by atoms with van der Waals surface area (Å²) < 4.78 is 2.75. The third kappa shape index (κ3) is 1.79. The summed E-state index contributed by atoms with van der Waals surface area (Å²) in [6.07, 6.45) is 0. The summed E-state index contributed by atoms with van der Waals surface area (Å²) >= 11 is 1.90. The minimum atomic E-state index is 1.31. The second kappa shape index (κ2) is 5.06. The molecule has 0 atom stereocenters. The number of benzene rings is 5. The Hall–Kier alpha value is -2.90. The smallest absolute Gasteiger partial charge is 0.0364 e. The van der Waals surface area contributed by atoms with Gasteiger partial charge in [0, 0.05) is 20.2 Å². The Kier molecular flexibility index (Phi) is 2.78. The van der Waals surface area contributed by atoms with Crippen molar-refractivity contribution in [3.8, 4) is 0 Å². The quantitative estimate of drug-likeness (QED) is 0.245. The zero-order valence-electron chi connectivity index (χ0n) is 14.4. The molecule has 0 bridgehead atoms. The molecule has 0 N–H and O–H groups in total. The molecule has 0 aliphatic carbocycles. The molecule has 0 amide bonds. The second-order valence-corrected chi connectivity index (χ2v) is 8.12. The highest BCUT2D eigenvalue weighted by atomic mass is 32.1. The van der Waals surface area contributed by atoms with Gasteiger partial charge in [-0.25, -0.2) is 0 Å². The fourth-order valence-electron chi connectivity index (χ4n) is 4.38. The molecule has 1 heteroatoms. The number of aryl methyl sites for hydroxylation is 1. The maximum Gasteiger partial charge on any atom is 0.0364 e. The standard InChI is InChI=1S/C25H16S/c1-15-14-22-24(20-8-4-5-9-21(20)26-22)25-18(15)13-12-17-11-10-16-6-2-3-7-19(16)23(17)25/h2-14H,1H3. The van der Waals surface area contributed by atoms with Crippen molar-refractivity contribution in [3.63, 3.8) is 0 Å². The lowest BCUT2D eigenvalue weighted by Crippen LogP contribution is -1.85. The van der Waals surface area contributed by atoms with Crippen LogP contribution in [0.15, 0.2) is 78.9 Å². The second-order valence-electron chi connectivity index (χ2n) is 7.04. The highest BCUT2D eigenvalue weighted by molar-refractivity contribution is 7.26. The SMILES string of the molecule is Cc1cc2sc3ccccc3c2c2c1ccc1ccc3ccccc3c12. The van der Waals surface area contributed by atoms with Crippen molar-refractivity contribution in [1.29, 1.82) is 0 Å². The lowest BCUT2D eigenvalue weighted by atomic mass is 9.92. The number of rotatable bonds is 0. The normalized spacial score (nSPS) is 12.0. The van der Waals surface area contributed by atoms with Gasteiger partial charge in [-0.1, -0.05) is 66.7 Å². The molecule has 1 heterocycles. The van der Waals surface area contributed by atoms with Crippen LogP contribution in [0, 0.1) is 6.92 Å². The molecular weight excluding hydrogens is 332 g/mol. The zero-order chi connectivity index (χ0) is 17.3. The minimum absolute atomic E-state index is 1.31. The Labute approximate surface area is 155 Å². The summed E-state index contributed by atoms with van der Waals surface area (Å²) in [4.78, 5) is 0. The molecule has 0 radical (unpaired) electrons. The van der Waals surface area contributed by atoms with Crippen LogP contribution in [0.4, 0.5) is 0 Å². The van der Waals surface area contributed by atoms with Gasteiger partial charge < -0.3 is 0 Å². The summed E-state index contributed by atoms with van der Waals surface area (Å²) in [5.74, 6) is 0. The van der Waals surface area contributed by atoms with E-state index in [1.165, 1.54) is 58.1 Å². The third-order valence-corrected chi connectivity index (χ3v) is 6.67. The molecule has 0 unspecified atom stereocenters. The molecule has 26 heavy (non-hydrogen) atoms. The Bertz CT molecular complexity index is 1480. The molecule has 0 saturated heterocycles. The first-order valence-electron chi connectivity index (χ1n) is 8.96. The molecule has 0 aliphatic rings. The summed E-state index contributed by atoms with van der Waals surface area (Å²) in [5.41, 5.74) is 1.36. The van der Waals surface area contributed by atoms with Gasteiger partial charge in [0.1, 0.15) is 0 Å². The predicted octanol–water partition coefficient (Wildman–Crippen LogP) is 7.82. The Morgan fingerprint density at radius 2 is 1.27 bits per heavy atom. The number of thiophene rings is 1. The van der Waals surface area contributed by atoms with Crippen LogP contribution in [0.1, 0.15) is 5.56 Å². The average Bonchev–Trinajstić information content (AvgIpc) is 3.05. The van der Waals surface area contributed by atoms with Gasteiger partial charge >= 0.3 is 0 Å².